The Hall–Kier alpha value is -2.81. The van der Waals surface area contributed by atoms with E-state index in [4.69, 9.17) is 4.74 Å². The second kappa shape index (κ2) is 8.37. The molecule has 0 bridgehead atoms. The molecule has 1 aromatic carbocycles. The number of hydrogen-bond donors (Lipinski definition) is 3. The fourth-order valence-electron chi connectivity index (χ4n) is 4.45. The van der Waals surface area contributed by atoms with Crippen LogP contribution in [0.25, 0.3) is 17.2 Å². The Morgan fingerprint density at radius 1 is 1.10 bits per heavy atom. The summed E-state index contributed by atoms with van der Waals surface area (Å²) in [6.45, 7) is 2.03. The maximum Gasteiger partial charge on any atom is 0.167 e. The lowest BCUT2D eigenvalue weighted by Gasteiger charge is -2.17. The van der Waals surface area contributed by atoms with E-state index < -0.39 is 24.5 Å². The predicted octanol–water partition coefficient (Wildman–Crippen LogP) is 2.82. The molecular formula is C23H27N5O3. The quantitative estimate of drug-likeness (QED) is 0.582. The summed E-state index contributed by atoms with van der Waals surface area (Å²) in [4.78, 5) is 13.2. The van der Waals surface area contributed by atoms with Crippen molar-refractivity contribution in [2.24, 2.45) is 0 Å². The van der Waals surface area contributed by atoms with Crippen molar-refractivity contribution in [3.05, 3.63) is 54.1 Å². The Bertz CT molecular complexity index is 1090. The number of aromatic nitrogens is 4. The first kappa shape index (κ1) is 20.1. The van der Waals surface area contributed by atoms with Crippen LogP contribution in [-0.2, 0) is 4.74 Å². The zero-order valence-corrected chi connectivity index (χ0v) is 17.4. The van der Waals surface area contributed by atoms with E-state index in [1.165, 1.54) is 19.2 Å². The number of hydrogen-bond acceptors (Lipinski definition) is 7. The number of aliphatic hydroxyl groups is 2. The number of ether oxygens (including phenoxy) is 1. The lowest BCUT2D eigenvalue weighted by Crippen LogP contribution is -2.30. The minimum absolute atomic E-state index is 0.398. The highest BCUT2D eigenvalue weighted by Crippen LogP contribution is 2.33. The van der Waals surface area contributed by atoms with Gasteiger partial charge in [-0.25, -0.2) is 15.0 Å². The first-order valence-electron chi connectivity index (χ1n) is 10.8. The second-order valence-electron chi connectivity index (χ2n) is 8.36. The molecule has 0 radical (unpaired) electrons. The van der Waals surface area contributed by atoms with Crippen LogP contribution < -0.4 is 5.32 Å². The van der Waals surface area contributed by atoms with Gasteiger partial charge in [0.1, 0.15) is 24.6 Å². The first-order valence-corrected chi connectivity index (χ1v) is 10.8. The monoisotopic (exact) mass is 421 g/mol. The Balaban J connectivity index is 1.39. The third kappa shape index (κ3) is 3.82. The summed E-state index contributed by atoms with van der Waals surface area (Å²) in [5, 5.41) is 24.7. The third-order valence-corrected chi connectivity index (χ3v) is 6.26. The Kier molecular flexibility index (Phi) is 5.43. The van der Waals surface area contributed by atoms with Crippen LogP contribution in [0.3, 0.4) is 0 Å². The predicted molar refractivity (Wildman–Crippen MR) is 117 cm³/mol. The zero-order valence-electron chi connectivity index (χ0n) is 17.4. The lowest BCUT2D eigenvalue weighted by atomic mass is 10.1. The van der Waals surface area contributed by atoms with Crippen LogP contribution in [-0.4, -0.2) is 54.1 Å². The smallest absolute Gasteiger partial charge is 0.167 e. The van der Waals surface area contributed by atoms with Crippen molar-refractivity contribution >= 4 is 23.1 Å². The molecule has 8 heteroatoms. The van der Waals surface area contributed by atoms with Crippen molar-refractivity contribution in [1.29, 1.82) is 0 Å². The number of nitrogens with zero attached hydrogens (tertiary/aromatic N) is 4. The highest BCUT2D eigenvalue weighted by atomic mass is 16.6. The molecule has 4 atom stereocenters. The van der Waals surface area contributed by atoms with Gasteiger partial charge in [0.15, 0.2) is 23.2 Å². The minimum atomic E-state index is -1.11. The SMILES string of the molecule is Cc1ccccc1/C=C/[C@H]1O[C@@H](n2cnc3c(NC4CCCC4)ncnc32)[C@H](O)[C@@H]1O. The molecule has 3 heterocycles. The van der Waals surface area contributed by atoms with Crippen LogP contribution in [0.4, 0.5) is 5.82 Å². The largest absolute Gasteiger partial charge is 0.387 e. The summed E-state index contributed by atoms with van der Waals surface area (Å²) in [7, 11) is 0. The number of nitrogens with one attached hydrogen (secondary N) is 1. The van der Waals surface area contributed by atoms with Gasteiger partial charge in [-0.15, -0.1) is 0 Å². The van der Waals surface area contributed by atoms with Crippen LogP contribution in [0.15, 0.2) is 43.0 Å². The van der Waals surface area contributed by atoms with Gasteiger partial charge in [0.2, 0.25) is 0 Å². The molecule has 1 saturated heterocycles. The second-order valence-corrected chi connectivity index (χ2v) is 8.36. The molecule has 162 valence electrons. The fourth-order valence-corrected chi connectivity index (χ4v) is 4.45. The molecule has 8 nitrogen and oxygen atoms in total. The molecule has 2 fully saturated rings. The van der Waals surface area contributed by atoms with Gasteiger partial charge < -0.3 is 20.3 Å². The maximum absolute atomic E-state index is 10.7. The molecule has 2 aliphatic rings. The Labute approximate surface area is 180 Å². The van der Waals surface area contributed by atoms with Crippen LogP contribution in [0.2, 0.25) is 0 Å². The normalized spacial score (nSPS) is 26.9. The van der Waals surface area contributed by atoms with Gasteiger partial charge in [0, 0.05) is 6.04 Å². The molecule has 0 unspecified atom stereocenters. The van der Waals surface area contributed by atoms with Crippen molar-refractivity contribution in [2.75, 3.05) is 5.32 Å². The van der Waals surface area contributed by atoms with Gasteiger partial charge in [-0.05, 0) is 30.9 Å². The van der Waals surface area contributed by atoms with E-state index in [-0.39, 0.29) is 0 Å². The first-order chi connectivity index (χ1) is 15.1. The van der Waals surface area contributed by atoms with Crippen molar-refractivity contribution in [3.8, 4) is 0 Å². The lowest BCUT2D eigenvalue weighted by molar-refractivity contribution is -0.0243. The summed E-state index contributed by atoms with van der Waals surface area (Å²) in [5.41, 5.74) is 3.37. The van der Waals surface area contributed by atoms with Gasteiger partial charge in [0.05, 0.1) is 6.33 Å². The van der Waals surface area contributed by atoms with Crippen LogP contribution >= 0.6 is 0 Å². The van der Waals surface area contributed by atoms with Gasteiger partial charge in [-0.1, -0.05) is 49.3 Å². The number of anilines is 1. The molecule has 2 aromatic heterocycles. The van der Waals surface area contributed by atoms with E-state index in [9.17, 15) is 10.2 Å². The zero-order chi connectivity index (χ0) is 21.4. The molecule has 3 aromatic rings. The molecule has 31 heavy (non-hydrogen) atoms. The molecule has 5 rings (SSSR count). The molecule has 1 aliphatic carbocycles. The standard InChI is InChI=1S/C23H27N5O3/c1-14-6-2-3-7-15(14)10-11-17-19(29)20(30)23(31-17)28-13-26-18-21(24-12-25-22(18)28)27-16-8-4-5-9-16/h2-3,6-7,10-13,16-17,19-20,23,29-30H,4-5,8-9H2,1H3,(H,24,25,27)/b11-10+/t17-,19-,20-,23-/m1/s1. The van der Waals surface area contributed by atoms with Gasteiger partial charge in [0.25, 0.3) is 0 Å². The van der Waals surface area contributed by atoms with Gasteiger partial charge >= 0.3 is 0 Å². The Morgan fingerprint density at radius 2 is 1.90 bits per heavy atom. The molecule has 1 saturated carbocycles. The highest BCUT2D eigenvalue weighted by molar-refractivity contribution is 5.82. The van der Waals surface area contributed by atoms with Crippen LogP contribution in [0.5, 0.6) is 0 Å². The number of rotatable bonds is 5. The number of imidazole rings is 1. The van der Waals surface area contributed by atoms with E-state index >= 15 is 0 Å². The molecule has 3 N–H and O–H groups in total. The van der Waals surface area contributed by atoms with Crippen LogP contribution in [0.1, 0.15) is 43.0 Å². The van der Waals surface area contributed by atoms with Gasteiger partial charge in [-0.3, -0.25) is 4.57 Å². The van der Waals surface area contributed by atoms with E-state index in [2.05, 4.69) is 20.3 Å². The Morgan fingerprint density at radius 3 is 2.71 bits per heavy atom. The van der Waals surface area contributed by atoms with E-state index in [0.717, 1.165) is 24.0 Å². The summed E-state index contributed by atoms with van der Waals surface area (Å²) < 4.78 is 7.70. The topological polar surface area (TPSA) is 105 Å². The summed E-state index contributed by atoms with van der Waals surface area (Å²) in [5.74, 6) is 0.694. The van der Waals surface area contributed by atoms with Gasteiger partial charge in [-0.2, -0.15) is 0 Å². The van der Waals surface area contributed by atoms with Crippen LogP contribution in [0, 0.1) is 6.92 Å². The molecule has 0 amide bonds. The average molecular weight is 422 g/mol. The summed E-state index contributed by atoms with van der Waals surface area (Å²) in [6.07, 6.45) is 7.87. The van der Waals surface area contributed by atoms with Crippen molar-refractivity contribution in [2.45, 2.75) is 63.2 Å². The number of fused-ring (bicyclic) bond motifs is 1. The van der Waals surface area contributed by atoms with E-state index in [0.29, 0.717) is 23.0 Å². The molecule has 1 aliphatic heterocycles. The number of aliphatic hydroxyl groups excluding tert-OH is 2. The minimum Gasteiger partial charge on any atom is -0.387 e. The highest BCUT2D eigenvalue weighted by Gasteiger charge is 2.43. The maximum atomic E-state index is 10.7. The van der Waals surface area contributed by atoms with Crippen molar-refractivity contribution < 1.29 is 14.9 Å². The summed E-state index contributed by atoms with van der Waals surface area (Å²) in [6, 6.07) is 8.37. The van der Waals surface area contributed by atoms with Crippen molar-refractivity contribution in [1.82, 2.24) is 19.5 Å². The summed E-state index contributed by atoms with van der Waals surface area (Å²) >= 11 is 0. The molecular weight excluding hydrogens is 394 g/mol. The van der Waals surface area contributed by atoms with E-state index in [1.54, 1.807) is 17.0 Å². The average Bonchev–Trinajstić information content (AvgIpc) is 3.50. The number of aryl methyl sites for hydroxylation is 1. The fraction of sp³-hybridized carbons (Fsp3) is 0.435. The third-order valence-electron chi connectivity index (χ3n) is 6.26. The van der Waals surface area contributed by atoms with Crippen molar-refractivity contribution in [3.63, 3.8) is 0 Å². The number of benzene rings is 1. The molecule has 0 spiro atoms. The van der Waals surface area contributed by atoms with E-state index in [1.807, 2.05) is 37.3 Å².